The van der Waals surface area contributed by atoms with Gasteiger partial charge in [-0.25, -0.2) is 0 Å². The molecule has 0 aliphatic rings. The molecule has 0 unspecified atom stereocenters. The van der Waals surface area contributed by atoms with E-state index in [2.05, 4.69) is 19.0 Å². The summed E-state index contributed by atoms with van der Waals surface area (Å²) in [4.78, 5) is 0. The van der Waals surface area contributed by atoms with Crippen LogP contribution in [0.25, 0.3) is 0 Å². The third kappa shape index (κ3) is 8.47. The average Bonchev–Trinajstić information content (AvgIpc) is 2.60. The van der Waals surface area contributed by atoms with Crippen LogP contribution in [0.4, 0.5) is 0 Å². The van der Waals surface area contributed by atoms with Crippen molar-refractivity contribution in [2.45, 2.75) is 33.1 Å². The molecule has 0 fully saturated rings. The van der Waals surface area contributed by atoms with Gasteiger partial charge in [-0.1, -0.05) is 42.2 Å². The lowest BCUT2D eigenvalue weighted by molar-refractivity contribution is 0.150. The van der Waals surface area contributed by atoms with Gasteiger partial charge in [-0.2, -0.15) is 0 Å². The zero-order chi connectivity index (χ0) is 18.5. The molecule has 0 aliphatic carbocycles. The van der Waals surface area contributed by atoms with Crippen LogP contribution in [-0.4, -0.2) is 37.8 Å². The van der Waals surface area contributed by atoms with E-state index in [0.29, 0.717) is 26.4 Å². The van der Waals surface area contributed by atoms with Crippen molar-refractivity contribution in [1.29, 1.82) is 0 Å². The van der Waals surface area contributed by atoms with E-state index < -0.39 is 0 Å². The highest BCUT2D eigenvalue weighted by Crippen LogP contribution is 2.31. The van der Waals surface area contributed by atoms with Crippen molar-refractivity contribution in [1.82, 2.24) is 0 Å². The Morgan fingerprint density at radius 3 is 2.32 bits per heavy atom. The van der Waals surface area contributed by atoms with Crippen LogP contribution in [-0.2, 0) is 17.6 Å². The molecule has 140 valence electrons. The molecular weight excluding hydrogens is 365 g/mol. The SMILES string of the molecule is CCc1cc(OCC=C(Cl)Cl)cc(CC)c1OCCCOC/C=N/O. The van der Waals surface area contributed by atoms with Crippen LogP contribution in [0.3, 0.4) is 0 Å². The van der Waals surface area contributed by atoms with Crippen molar-refractivity contribution in [3.8, 4) is 11.5 Å². The Kier molecular flexibility index (Phi) is 11.1. The van der Waals surface area contributed by atoms with Gasteiger partial charge in [-0.15, -0.1) is 0 Å². The van der Waals surface area contributed by atoms with Gasteiger partial charge in [0.25, 0.3) is 0 Å². The number of hydrogen-bond donors (Lipinski definition) is 1. The first-order chi connectivity index (χ1) is 12.1. The fourth-order valence-electron chi connectivity index (χ4n) is 2.22. The monoisotopic (exact) mass is 389 g/mol. The van der Waals surface area contributed by atoms with Crippen LogP contribution in [0.5, 0.6) is 11.5 Å². The normalized spacial score (nSPS) is 10.9. The van der Waals surface area contributed by atoms with E-state index in [4.69, 9.17) is 42.6 Å². The lowest BCUT2D eigenvalue weighted by Crippen LogP contribution is -2.07. The maximum Gasteiger partial charge on any atom is 0.125 e. The molecule has 1 rings (SSSR count). The Morgan fingerprint density at radius 1 is 1.08 bits per heavy atom. The van der Waals surface area contributed by atoms with Gasteiger partial charge in [0, 0.05) is 6.42 Å². The summed E-state index contributed by atoms with van der Waals surface area (Å²) in [6.07, 6.45) is 5.34. The summed E-state index contributed by atoms with van der Waals surface area (Å²) in [7, 11) is 0. The largest absolute Gasteiger partial charge is 0.493 e. The molecule has 7 heteroatoms. The van der Waals surface area contributed by atoms with Crippen LogP contribution in [0.1, 0.15) is 31.4 Å². The summed E-state index contributed by atoms with van der Waals surface area (Å²) in [5.41, 5.74) is 2.20. The average molecular weight is 390 g/mol. The summed E-state index contributed by atoms with van der Waals surface area (Å²) in [5, 5.41) is 11.1. The number of aryl methyl sites for hydroxylation is 2. The zero-order valence-electron chi connectivity index (χ0n) is 14.6. The van der Waals surface area contributed by atoms with Gasteiger partial charge in [0.05, 0.1) is 26.0 Å². The van der Waals surface area contributed by atoms with Gasteiger partial charge >= 0.3 is 0 Å². The van der Waals surface area contributed by atoms with Crippen molar-refractivity contribution in [2.75, 3.05) is 26.4 Å². The molecule has 1 aromatic carbocycles. The summed E-state index contributed by atoms with van der Waals surface area (Å²) < 4.78 is 17.1. The first kappa shape index (κ1) is 21.6. The van der Waals surface area contributed by atoms with Crippen LogP contribution in [0.2, 0.25) is 0 Å². The molecule has 1 aromatic rings. The lowest BCUT2D eigenvalue weighted by atomic mass is 10.0. The molecule has 0 aromatic heterocycles. The minimum absolute atomic E-state index is 0.193. The minimum Gasteiger partial charge on any atom is -0.493 e. The number of halogens is 2. The zero-order valence-corrected chi connectivity index (χ0v) is 16.1. The molecule has 5 nitrogen and oxygen atoms in total. The number of ether oxygens (including phenoxy) is 3. The molecule has 0 atom stereocenters. The smallest absolute Gasteiger partial charge is 0.125 e. The van der Waals surface area contributed by atoms with E-state index in [1.165, 1.54) is 6.21 Å². The van der Waals surface area contributed by atoms with Crippen molar-refractivity contribution in [2.24, 2.45) is 5.16 Å². The van der Waals surface area contributed by atoms with Crippen LogP contribution in [0.15, 0.2) is 27.9 Å². The quantitative estimate of drug-likeness (QED) is 0.242. The molecule has 0 saturated carbocycles. The van der Waals surface area contributed by atoms with E-state index in [-0.39, 0.29) is 4.49 Å². The third-order valence-corrected chi connectivity index (χ3v) is 3.73. The van der Waals surface area contributed by atoms with Gasteiger partial charge < -0.3 is 19.4 Å². The molecule has 0 spiro atoms. The molecule has 0 amide bonds. The molecule has 1 N–H and O–H groups in total. The molecule has 0 aliphatic heterocycles. The molecule has 0 bridgehead atoms. The summed E-state index contributed by atoms with van der Waals surface area (Å²) in [5.74, 6) is 1.69. The van der Waals surface area contributed by atoms with E-state index in [1.807, 2.05) is 12.1 Å². The van der Waals surface area contributed by atoms with Gasteiger partial charge in [0.15, 0.2) is 0 Å². The van der Waals surface area contributed by atoms with Gasteiger partial charge in [-0.05, 0) is 42.2 Å². The first-order valence-electron chi connectivity index (χ1n) is 8.28. The highest BCUT2D eigenvalue weighted by atomic mass is 35.5. The summed E-state index contributed by atoms with van der Waals surface area (Å²) >= 11 is 11.2. The highest BCUT2D eigenvalue weighted by molar-refractivity contribution is 6.55. The molecule has 0 radical (unpaired) electrons. The maximum atomic E-state index is 8.27. The lowest BCUT2D eigenvalue weighted by Gasteiger charge is -2.17. The number of benzene rings is 1. The molecule has 25 heavy (non-hydrogen) atoms. The van der Waals surface area contributed by atoms with Gasteiger partial charge in [0.1, 0.15) is 22.6 Å². The maximum absolute atomic E-state index is 8.27. The number of oxime groups is 1. The molecule has 0 saturated heterocycles. The summed E-state index contributed by atoms with van der Waals surface area (Å²) in [6, 6.07) is 3.97. The van der Waals surface area contributed by atoms with E-state index in [1.54, 1.807) is 6.08 Å². The molecular formula is C18H25Cl2NO4. The van der Waals surface area contributed by atoms with E-state index in [0.717, 1.165) is 41.9 Å². The predicted octanol–water partition coefficient (Wildman–Crippen LogP) is 4.75. The Labute approximate surface area is 159 Å². The second-order valence-electron chi connectivity index (χ2n) is 5.16. The number of hydrogen-bond acceptors (Lipinski definition) is 5. The Bertz CT molecular complexity index is 547. The van der Waals surface area contributed by atoms with Crippen molar-refractivity contribution >= 4 is 29.4 Å². The second kappa shape index (κ2) is 12.9. The summed E-state index contributed by atoms with van der Waals surface area (Å²) in [6.45, 7) is 5.88. The van der Waals surface area contributed by atoms with Crippen LogP contribution in [0, 0.1) is 0 Å². The van der Waals surface area contributed by atoms with Crippen LogP contribution >= 0.6 is 23.2 Å². The fraction of sp³-hybridized carbons (Fsp3) is 0.500. The van der Waals surface area contributed by atoms with Crippen molar-refractivity contribution in [3.63, 3.8) is 0 Å². The first-order valence-corrected chi connectivity index (χ1v) is 9.04. The fourth-order valence-corrected chi connectivity index (χ4v) is 2.35. The highest BCUT2D eigenvalue weighted by Gasteiger charge is 2.11. The Morgan fingerprint density at radius 2 is 1.76 bits per heavy atom. The minimum atomic E-state index is 0.193. The number of nitrogens with zero attached hydrogens (tertiary/aromatic N) is 1. The number of rotatable bonds is 12. The second-order valence-corrected chi connectivity index (χ2v) is 6.17. The topological polar surface area (TPSA) is 60.3 Å². The third-order valence-electron chi connectivity index (χ3n) is 3.42. The van der Waals surface area contributed by atoms with Crippen LogP contribution < -0.4 is 9.47 Å². The van der Waals surface area contributed by atoms with E-state index in [9.17, 15) is 0 Å². The van der Waals surface area contributed by atoms with Gasteiger partial charge in [0.2, 0.25) is 0 Å². The molecule has 0 heterocycles. The standard InChI is InChI=1S/C18H25Cl2NO4/c1-3-14-12-16(24-10-6-17(19)20)13-15(4-2)18(14)25-9-5-8-23-11-7-21-22/h6-7,12-13,22H,3-5,8-11H2,1-2H3/b21-7+. The predicted molar refractivity (Wildman–Crippen MR) is 102 cm³/mol. The van der Waals surface area contributed by atoms with Crippen molar-refractivity contribution in [3.05, 3.63) is 33.8 Å². The Hall–Kier alpha value is -1.43. The van der Waals surface area contributed by atoms with Gasteiger partial charge in [-0.3, -0.25) is 0 Å². The van der Waals surface area contributed by atoms with Crippen molar-refractivity contribution < 1.29 is 19.4 Å². The van der Waals surface area contributed by atoms with E-state index >= 15 is 0 Å². The Balaban J connectivity index is 2.66.